The lowest BCUT2D eigenvalue weighted by molar-refractivity contribution is -0.150. The third kappa shape index (κ3) is 6.48. The van der Waals surface area contributed by atoms with Crippen LogP contribution in [0.4, 0.5) is 4.39 Å². The number of oxime groups is 1. The first-order valence-corrected chi connectivity index (χ1v) is 14.1. The Bertz CT molecular complexity index is 1190. The number of nitrogens with two attached hydrogens (primary N) is 3. The zero-order valence-electron chi connectivity index (χ0n) is 21.4. The largest absolute Gasteiger partial charge is 0.477 e. The molecule has 3 aliphatic heterocycles. The number of carbonyl (C=O) groups is 3. The van der Waals surface area contributed by atoms with E-state index in [9.17, 15) is 23.9 Å². The topological polar surface area (TPSA) is 239 Å². The standard InChI is InChI=1S/C21H30FN11O5S2/c1-32(20(24)27-11-4-2-10(23)3-5-11)26-6-9-7-39-18-13(17(35)33(18)14(9)19(36)37)28-16(34)12(30-38-8-22)15-29-21(25)40-31-15/h6,10-11,13,18,21H,2-5,7-8,23,25H2,1H3,(H2,24,27)(H,28,34)(H,29,31)(H,36,37)/b26-6+,30-12-/t10?,11?,13-,18-,21?/m1/s1. The van der Waals surface area contributed by atoms with Crippen LogP contribution in [0.15, 0.2) is 31.5 Å². The van der Waals surface area contributed by atoms with E-state index in [1.807, 2.05) is 0 Å². The van der Waals surface area contributed by atoms with Gasteiger partial charge in [0.2, 0.25) is 11.7 Å². The Balaban J connectivity index is 1.45. The number of hydrogen-bond donors (Lipinski definition) is 6. The van der Waals surface area contributed by atoms with Gasteiger partial charge in [0.25, 0.3) is 18.7 Å². The van der Waals surface area contributed by atoms with Crippen molar-refractivity contribution < 1.29 is 28.7 Å². The molecule has 19 heteroatoms. The van der Waals surface area contributed by atoms with E-state index in [0.717, 1.165) is 42.5 Å². The third-order valence-corrected chi connectivity index (χ3v) is 8.40. The molecule has 3 heterocycles. The number of alkyl halides is 1. The summed E-state index contributed by atoms with van der Waals surface area (Å²) >= 11 is 2.22. The molecule has 218 valence electrons. The summed E-state index contributed by atoms with van der Waals surface area (Å²) in [7, 11) is 1.59. The van der Waals surface area contributed by atoms with Gasteiger partial charge >= 0.3 is 5.97 Å². The Labute approximate surface area is 236 Å². The van der Waals surface area contributed by atoms with Crippen LogP contribution in [0.1, 0.15) is 25.7 Å². The Morgan fingerprint density at radius 2 is 2.08 bits per heavy atom. The lowest BCUT2D eigenvalue weighted by Gasteiger charge is -2.49. The van der Waals surface area contributed by atoms with Gasteiger partial charge in [-0.3, -0.25) is 20.2 Å². The summed E-state index contributed by atoms with van der Waals surface area (Å²) < 4.78 is 15.2. The van der Waals surface area contributed by atoms with Gasteiger partial charge < -0.3 is 31.5 Å². The Morgan fingerprint density at radius 3 is 2.70 bits per heavy atom. The number of aliphatic carboxylic acids is 1. The number of fused-ring (bicyclic) bond motifs is 1. The maximum atomic E-state index is 13.0. The van der Waals surface area contributed by atoms with Gasteiger partial charge in [-0.1, -0.05) is 5.16 Å². The number of carboxylic acid groups (broad SMARTS) is 1. The van der Waals surface area contributed by atoms with Crippen molar-refractivity contribution in [2.45, 2.75) is 54.7 Å². The predicted molar refractivity (Wildman–Crippen MR) is 148 cm³/mol. The van der Waals surface area contributed by atoms with E-state index >= 15 is 0 Å². The third-order valence-electron chi connectivity index (χ3n) is 6.44. The number of thioether (sulfide) groups is 1. The van der Waals surface area contributed by atoms with Crippen molar-refractivity contribution in [3.8, 4) is 0 Å². The number of hydrazone groups is 1. The summed E-state index contributed by atoms with van der Waals surface area (Å²) in [5.74, 6) is -2.56. The molecule has 4 rings (SSSR count). The number of carboxylic acids is 1. The first-order chi connectivity index (χ1) is 19.1. The van der Waals surface area contributed by atoms with E-state index in [1.54, 1.807) is 7.05 Å². The second-order valence-electron chi connectivity index (χ2n) is 9.13. The number of aliphatic imine (C=N–C) groups is 2. The molecule has 0 aromatic heterocycles. The molecule has 0 spiro atoms. The summed E-state index contributed by atoms with van der Waals surface area (Å²) in [5, 5.41) is 20.7. The van der Waals surface area contributed by atoms with E-state index in [-0.39, 0.29) is 40.9 Å². The minimum Gasteiger partial charge on any atom is -0.477 e. The Kier molecular flexibility index (Phi) is 9.48. The number of amides is 2. The summed E-state index contributed by atoms with van der Waals surface area (Å²) in [6.07, 6.45) is 4.72. The second kappa shape index (κ2) is 12.8. The molecule has 4 aliphatic rings. The molecule has 1 unspecified atom stereocenters. The van der Waals surface area contributed by atoms with Crippen LogP contribution < -0.4 is 27.2 Å². The van der Waals surface area contributed by atoms with Gasteiger partial charge in [0.1, 0.15) is 17.1 Å². The molecule has 3 atom stereocenters. The van der Waals surface area contributed by atoms with Crippen LogP contribution >= 0.6 is 23.7 Å². The molecule has 16 nitrogen and oxygen atoms in total. The van der Waals surface area contributed by atoms with E-state index in [0.29, 0.717) is 0 Å². The number of nitrogens with zero attached hydrogens (tertiary/aromatic N) is 6. The maximum Gasteiger partial charge on any atom is 0.353 e. The first kappa shape index (κ1) is 29.6. The Hall–Kier alpha value is -3.42. The van der Waals surface area contributed by atoms with Crippen molar-refractivity contribution >= 4 is 65.2 Å². The van der Waals surface area contributed by atoms with Crippen LogP contribution in [-0.4, -0.2) is 105 Å². The molecular weight excluding hydrogens is 569 g/mol. The van der Waals surface area contributed by atoms with Crippen molar-refractivity contribution in [3.63, 3.8) is 0 Å². The number of β-lactam (4-membered cyclic amide) rings is 1. The van der Waals surface area contributed by atoms with Gasteiger partial charge in [0.05, 0.1) is 12.3 Å². The van der Waals surface area contributed by atoms with Crippen molar-refractivity contribution in [3.05, 3.63) is 11.3 Å². The average molecular weight is 600 g/mol. The zero-order valence-corrected chi connectivity index (χ0v) is 23.0. The van der Waals surface area contributed by atoms with E-state index in [4.69, 9.17) is 17.2 Å². The molecule has 40 heavy (non-hydrogen) atoms. The molecule has 1 aliphatic carbocycles. The van der Waals surface area contributed by atoms with Crippen molar-refractivity contribution in [1.29, 1.82) is 0 Å². The van der Waals surface area contributed by atoms with Crippen molar-refractivity contribution in [2.75, 3.05) is 19.7 Å². The molecule has 1 saturated carbocycles. The highest BCUT2D eigenvalue weighted by molar-refractivity contribution is 8.00. The molecule has 2 amide bonds. The molecule has 9 N–H and O–H groups in total. The number of carbonyl (C=O) groups excluding carboxylic acids is 2. The second-order valence-corrected chi connectivity index (χ2v) is 11.2. The molecule has 0 aromatic carbocycles. The van der Waals surface area contributed by atoms with Gasteiger partial charge in [0.15, 0.2) is 11.3 Å². The molecule has 2 fully saturated rings. The van der Waals surface area contributed by atoms with Gasteiger partial charge in [-0.25, -0.2) is 24.2 Å². The zero-order chi connectivity index (χ0) is 29.0. The van der Waals surface area contributed by atoms with E-state index < -0.39 is 47.3 Å². The monoisotopic (exact) mass is 599 g/mol. The van der Waals surface area contributed by atoms with Crippen LogP contribution in [0.3, 0.4) is 0 Å². The van der Waals surface area contributed by atoms with Crippen LogP contribution in [0.2, 0.25) is 0 Å². The highest BCUT2D eigenvalue weighted by atomic mass is 32.2. The molecule has 0 bridgehead atoms. The van der Waals surface area contributed by atoms with Crippen molar-refractivity contribution in [1.82, 2.24) is 19.9 Å². The fourth-order valence-electron chi connectivity index (χ4n) is 4.36. The summed E-state index contributed by atoms with van der Waals surface area (Å²) in [6.45, 7) is -1.29. The number of guanidine groups is 1. The maximum absolute atomic E-state index is 13.0. The first-order valence-electron chi connectivity index (χ1n) is 12.2. The van der Waals surface area contributed by atoms with Gasteiger partial charge in [0, 0.05) is 24.4 Å². The fraction of sp³-hybridized carbons (Fsp3) is 0.571. The van der Waals surface area contributed by atoms with E-state index in [1.165, 1.54) is 23.0 Å². The van der Waals surface area contributed by atoms with Crippen molar-refractivity contribution in [2.24, 2.45) is 37.4 Å². The molecule has 0 aromatic rings. The minimum absolute atomic E-state index is 0.0456. The highest BCUT2D eigenvalue weighted by Gasteiger charge is 2.54. The predicted octanol–water partition coefficient (Wildman–Crippen LogP) is -1.58. The normalized spacial score (nSPS) is 29.0. The lowest BCUT2D eigenvalue weighted by Crippen LogP contribution is -2.71. The molecule has 1 saturated heterocycles. The highest BCUT2D eigenvalue weighted by Crippen LogP contribution is 2.40. The number of nitrogens with one attached hydrogen (secondary N) is 2. The average Bonchev–Trinajstić information content (AvgIpc) is 3.36. The number of rotatable bonds is 9. The quantitative estimate of drug-likeness (QED) is 0.0579. The van der Waals surface area contributed by atoms with Crippen LogP contribution in [-0.2, 0) is 19.2 Å². The van der Waals surface area contributed by atoms with Crippen LogP contribution in [0.5, 0.6) is 0 Å². The SMILES string of the molecule is CN(/N=C/C1=C(C(=O)O)N2C(=O)[C@@H](NC(=O)/C(=N\OCF)C3=NC(N)SN3)[C@H]2SC1)C(N)=NC1CCC(N)CC1. The molecular formula is C21H30FN11O5S2. The van der Waals surface area contributed by atoms with Gasteiger partial charge in [-0.05, 0) is 37.6 Å². The number of amidine groups is 1. The van der Waals surface area contributed by atoms with Crippen LogP contribution in [0.25, 0.3) is 0 Å². The van der Waals surface area contributed by atoms with Gasteiger partial charge in [-0.2, -0.15) is 5.10 Å². The number of halogens is 1. The van der Waals surface area contributed by atoms with Gasteiger partial charge in [-0.15, -0.1) is 11.8 Å². The summed E-state index contributed by atoms with van der Waals surface area (Å²) in [6, 6.07) is -0.848. The fourth-order valence-corrected chi connectivity index (χ4v) is 6.19. The number of hydrogen-bond acceptors (Lipinski definition) is 13. The Morgan fingerprint density at radius 1 is 1.35 bits per heavy atom. The molecule has 0 radical (unpaired) electrons. The summed E-state index contributed by atoms with van der Waals surface area (Å²) in [5.41, 5.74) is 16.6. The summed E-state index contributed by atoms with van der Waals surface area (Å²) in [4.78, 5) is 51.9. The minimum atomic E-state index is -1.33. The van der Waals surface area contributed by atoms with E-state index in [2.05, 4.69) is 35.1 Å². The lowest BCUT2D eigenvalue weighted by atomic mass is 9.92. The van der Waals surface area contributed by atoms with Crippen LogP contribution in [0, 0.1) is 0 Å². The smallest absolute Gasteiger partial charge is 0.353 e.